The SMILES string of the molecule is CCCOc1ccc(C(=O)C2CCC2)cc1Br. The molecule has 0 radical (unpaired) electrons. The summed E-state index contributed by atoms with van der Waals surface area (Å²) >= 11 is 3.46. The van der Waals surface area contributed by atoms with E-state index in [0.29, 0.717) is 6.61 Å². The average Bonchev–Trinajstić information content (AvgIpc) is 2.25. The van der Waals surface area contributed by atoms with Gasteiger partial charge in [-0.15, -0.1) is 0 Å². The molecule has 0 N–H and O–H groups in total. The van der Waals surface area contributed by atoms with E-state index in [9.17, 15) is 4.79 Å². The van der Waals surface area contributed by atoms with Crippen molar-refractivity contribution in [2.45, 2.75) is 32.6 Å². The van der Waals surface area contributed by atoms with Crippen molar-refractivity contribution in [3.63, 3.8) is 0 Å². The molecule has 1 aromatic rings. The maximum absolute atomic E-state index is 12.0. The largest absolute Gasteiger partial charge is 0.492 e. The molecule has 2 nitrogen and oxygen atoms in total. The second kappa shape index (κ2) is 5.67. The lowest BCUT2D eigenvalue weighted by Crippen LogP contribution is -2.21. The zero-order valence-corrected chi connectivity index (χ0v) is 11.6. The van der Waals surface area contributed by atoms with E-state index >= 15 is 0 Å². The molecule has 92 valence electrons. The van der Waals surface area contributed by atoms with Crippen LogP contribution in [0.3, 0.4) is 0 Å². The third-order valence-corrected chi connectivity index (χ3v) is 3.77. The zero-order chi connectivity index (χ0) is 12.3. The molecular formula is C14H17BrO2. The Morgan fingerprint density at radius 3 is 2.76 bits per heavy atom. The lowest BCUT2D eigenvalue weighted by Gasteiger charge is -2.23. The zero-order valence-electron chi connectivity index (χ0n) is 10.0. The van der Waals surface area contributed by atoms with Gasteiger partial charge in [0.1, 0.15) is 5.75 Å². The molecule has 1 aliphatic rings. The van der Waals surface area contributed by atoms with E-state index in [2.05, 4.69) is 22.9 Å². The Hall–Kier alpha value is -0.830. The van der Waals surface area contributed by atoms with E-state index in [4.69, 9.17) is 4.74 Å². The Morgan fingerprint density at radius 1 is 1.47 bits per heavy atom. The van der Waals surface area contributed by atoms with Crippen molar-refractivity contribution in [2.24, 2.45) is 5.92 Å². The maximum atomic E-state index is 12.0. The summed E-state index contributed by atoms with van der Waals surface area (Å²) in [5.74, 6) is 1.35. The summed E-state index contributed by atoms with van der Waals surface area (Å²) in [6.07, 6.45) is 4.26. The van der Waals surface area contributed by atoms with Gasteiger partial charge >= 0.3 is 0 Å². The molecule has 0 amide bonds. The highest BCUT2D eigenvalue weighted by atomic mass is 79.9. The first-order chi connectivity index (χ1) is 8.22. The highest BCUT2D eigenvalue weighted by Crippen LogP contribution is 2.32. The van der Waals surface area contributed by atoms with Gasteiger partial charge in [-0.1, -0.05) is 13.3 Å². The van der Waals surface area contributed by atoms with Crippen molar-refractivity contribution in [2.75, 3.05) is 6.61 Å². The number of rotatable bonds is 5. The third-order valence-electron chi connectivity index (χ3n) is 3.15. The van der Waals surface area contributed by atoms with Crippen LogP contribution < -0.4 is 4.74 Å². The molecule has 0 unspecified atom stereocenters. The van der Waals surface area contributed by atoms with Crippen LogP contribution in [-0.2, 0) is 0 Å². The first kappa shape index (κ1) is 12.6. The molecule has 1 saturated carbocycles. The molecule has 1 aliphatic carbocycles. The van der Waals surface area contributed by atoms with Crippen molar-refractivity contribution in [1.29, 1.82) is 0 Å². The summed E-state index contributed by atoms with van der Waals surface area (Å²) in [4.78, 5) is 12.0. The van der Waals surface area contributed by atoms with Crippen LogP contribution in [0.15, 0.2) is 22.7 Å². The van der Waals surface area contributed by atoms with Crippen LogP contribution in [0.1, 0.15) is 43.0 Å². The summed E-state index contributed by atoms with van der Waals surface area (Å²) in [5.41, 5.74) is 0.797. The molecule has 0 aromatic heterocycles. The summed E-state index contributed by atoms with van der Waals surface area (Å²) in [6, 6.07) is 5.63. The molecule has 2 rings (SSSR count). The van der Waals surface area contributed by atoms with Crippen molar-refractivity contribution in [1.82, 2.24) is 0 Å². The van der Waals surface area contributed by atoms with Crippen LogP contribution in [0.2, 0.25) is 0 Å². The van der Waals surface area contributed by atoms with Gasteiger partial charge in [-0.3, -0.25) is 4.79 Å². The second-order valence-corrected chi connectivity index (χ2v) is 5.34. The molecule has 0 saturated heterocycles. The second-order valence-electron chi connectivity index (χ2n) is 4.49. The van der Waals surface area contributed by atoms with Crippen molar-refractivity contribution < 1.29 is 9.53 Å². The molecule has 3 heteroatoms. The van der Waals surface area contributed by atoms with Crippen molar-refractivity contribution in [3.8, 4) is 5.75 Å². The predicted octanol–water partition coefficient (Wildman–Crippen LogP) is 4.22. The number of carbonyl (C=O) groups is 1. The fourth-order valence-electron chi connectivity index (χ4n) is 1.89. The van der Waals surface area contributed by atoms with E-state index in [1.165, 1.54) is 6.42 Å². The molecular weight excluding hydrogens is 280 g/mol. The van der Waals surface area contributed by atoms with Gasteiger partial charge in [-0.25, -0.2) is 0 Å². The van der Waals surface area contributed by atoms with E-state index in [1.54, 1.807) is 0 Å². The van der Waals surface area contributed by atoms with Gasteiger partial charge in [0.05, 0.1) is 11.1 Å². The number of hydrogen-bond donors (Lipinski definition) is 0. The average molecular weight is 297 g/mol. The molecule has 0 atom stereocenters. The summed E-state index contributed by atoms with van der Waals surface area (Å²) < 4.78 is 6.43. The van der Waals surface area contributed by atoms with Crippen LogP contribution in [0.25, 0.3) is 0 Å². The van der Waals surface area contributed by atoms with Gasteiger partial charge in [-0.2, -0.15) is 0 Å². The van der Waals surface area contributed by atoms with Crippen LogP contribution in [0, 0.1) is 5.92 Å². The van der Waals surface area contributed by atoms with Gasteiger partial charge in [0.25, 0.3) is 0 Å². The van der Waals surface area contributed by atoms with E-state index in [0.717, 1.165) is 35.0 Å². The van der Waals surface area contributed by atoms with Crippen LogP contribution in [-0.4, -0.2) is 12.4 Å². The minimum Gasteiger partial charge on any atom is -0.492 e. The Morgan fingerprint density at radius 2 is 2.24 bits per heavy atom. The molecule has 0 bridgehead atoms. The minimum atomic E-state index is 0.254. The highest BCUT2D eigenvalue weighted by Gasteiger charge is 2.26. The highest BCUT2D eigenvalue weighted by molar-refractivity contribution is 9.10. The van der Waals surface area contributed by atoms with Crippen LogP contribution in [0.5, 0.6) is 5.75 Å². The van der Waals surface area contributed by atoms with E-state index in [1.807, 2.05) is 18.2 Å². The number of benzene rings is 1. The summed E-state index contributed by atoms with van der Waals surface area (Å²) in [6.45, 7) is 2.77. The molecule has 1 fully saturated rings. The number of carbonyl (C=O) groups excluding carboxylic acids is 1. The number of halogens is 1. The predicted molar refractivity (Wildman–Crippen MR) is 71.6 cm³/mol. The molecule has 17 heavy (non-hydrogen) atoms. The Kier molecular flexibility index (Phi) is 4.21. The fraction of sp³-hybridized carbons (Fsp3) is 0.500. The molecule has 0 aliphatic heterocycles. The van der Waals surface area contributed by atoms with Crippen molar-refractivity contribution in [3.05, 3.63) is 28.2 Å². The number of Topliss-reactive ketones (excluding diaryl/α,β-unsaturated/α-hetero) is 1. The van der Waals surface area contributed by atoms with Crippen molar-refractivity contribution >= 4 is 21.7 Å². The number of hydrogen-bond acceptors (Lipinski definition) is 2. The van der Waals surface area contributed by atoms with Gasteiger partial charge in [-0.05, 0) is 53.4 Å². The van der Waals surface area contributed by atoms with Gasteiger partial charge < -0.3 is 4.74 Å². The molecule has 0 heterocycles. The monoisotopic (exact) mass is 296 g/mol. The van der Waals surface area contributed by atoms with Gasteiger partial charge in [0, 0.05) is 11.5 Å². The Labute approximate surface area is 110 Å². The molecule has 1 aromatic carbocycles. The Bertz CT molecular complexity index is 411. The first-order valence-electron chi connectivity index (χ1n) is 6.19. The normalized spacial score (nSPS) is 15.4. The summed E-state index contributed by atoms with van der Waals surface area (Å²) in [7, 11) is 0. The number of ketones is 1. The van der Waals surface area contributed by atoms with E-state index in [-0.39, 0.29) is 11.7 Å². The minimum absolute atomic E-state index is 0.254. The molecule has 0 spiro atoms. The van der Waals surface area contributed by atoms with Crippen LogP contribution >= 0.6 is 15.9 Å². The standard InChI is InChI=1S/C14H17BrO2/c1-2-8-17-13-7-6-11(9-12(13)15)14(16)10-4-3-5-10/h6-7,9-10H,2-5,8H2,1H3. The third kappa shape index (κ3) is 2.89. The van der Waals surface area contributed by atoms with Gasteiger partial charge in [0.2, 0.25) is 0 Å². The summed E-state index contributed by atoms with van der Waals surface area (Å²) in [5, 5.41) is 0. The van der Waals surface area contributed by atoms with E-state index < -0.39 is 0 Å². The lowest BCUT2D eigenvalue weighted by atomic mass is 9.80. The number of ether oxygens (including phenoxy) is 1. The topological polar surface area (TPSA) is 26.3 Å². The lowest BCUT2D eigenvalue weighted by molar-refractivity contribution is 0.0855. The Balaban J connectivity index is 2.09. The quantitative estimate of drug-likeness (QED) is 0.761. The van der Waals surface area contributed by atoms with Gasteiger partial charge in [0.15, 0.2) is 5.78 Å². The maximum Gasteiger partial charge on any atom is 0.165 e. The van der Waals surface area contributed by atoms with Crippen LogP contribution in [0.4, 0.5) is 0 Å². The first-order valence-corrected chi connectivity index (χ1v) is 6.98. The smallest absolute Gasteiger partial charge is 0.165 e. The fourth-order valence-corrected chi connectivity index (χ4v) is 2.38.